The minimum atomic E-state index is -0.313. The minimum Gasteiger partial charge on any atom is -0.497 e. The van der Waals surface area contributed by atoms with E-state index in [1.807, 2.05) is 12.1 Å². The largest absolute Gasteiger partial charge is 0.497 e. The van der Waals surface area contributed by atoms with Gasteiger partial charge in [0.25, 0.3) is 5.91 Å². The molecule has 0 aliphatic carbocycles. The molecule has 2 rings (SSSR count). The summed E-state index contributed by atoms with van der Waals surface area (Å²) in [5.74, 6) is 0.990. The van der Waals surface area contributed by atoms with Gasteiger partial charge in [-0.3, -0.25) is 4.79 Å². The lowest BCUT2D eigenvalue weighted by Crippen LogP contribution is -2.24. The van der Waals surface area contributed by atoms with E-state index in [9.17, 15) is 4.79 Å². The molecule has 0 spiro atoms. The Morgan fingerprint density at radius 2 is 1.78 bits per heavy atom. The topological polar surface area (TPSA) is 73.6 Å². The molecule has 122 valence electrons. The van der Waals surface area contributed by atoms with Crippen LogP contribution in [0.3, 0.4) is 0 Å². The van der Waals surface area contributed by atoms with Gasteiger partial charge in [0, 0.05) is 22.1 Å². The summed E-state index contributed by atoms with van der Waals surface area (Å²) in [7, 11) is 3.14. The van der Waals surface area contributed by atoms with Gasteiger partial charge < -0.3 is 20.5 Å². The smallest absolute Gasteiger partial charge is 0.253 e. The van der Waals surface area contributed by atoms with Crippen molar-refractivity contribution >= 4 is 39.1 Å². The summed E-state index contributed by atoms with van der Waals surface area (Å²) in [5, 5.41) is 3.23. The van der Waals surface area contributed by atoms with Crippen LogP contribution in [0.5, 0.6) is 11.5 Å². The van der Waals surface area contributed by atoms with E-state index in [1.165, 1.54) is 6.07 Å². The number of hydrogen-bond acceptors (Lipinski definition) is 4. The van der Waals surface area contributed by atoms with E-state index in [2.05, 4.69) is 21.2 Å². The number of ether oxygens (including phenoxy) is 2. The molecule has 0 aliphatic rings. The zero-order valence-electron chi connectivity index (χ0n) is 12.7. The van der Waals surface area contributed by atoms with Crippen LogP contribution < -0.4 is 20.5 Å². The first-order chi connectivity index (χ1) is 10.9. The average molecular weight is 400 g/mol. The van der Waals surface area contributed by atoms with E-state index < -0.39 is 0 Å². The van der Waals surface area contributed by atoms with Gasteiger partial charge >= 0.3 is 0 Å². The van der Waals surface area contributed by atoms with Crippen molar-refractivity contribution in [1.82, 2.24) is 5.32 Å². The molecule has 23 heavy (non-hydrogen) atoms. The van der Waals surface area contributed by atoms with Crippen molar-refractivity contribution in [2.24, 2.45) is 0 Å². The number of nitrogen functional groups attached to an aromatic ring is 1. The lowest BCUT2D eigenvalue weighted by molar-refractivity contribution is 0.0951. The Balaban J connectivity index is 2.16. The summed E-state index contributed by atoms with van der Waals surface area (Å²) in [6.45, 7) is 0.302. The van der Waals surface area contributed by atoms with Gasteiger partial charge in [0.05, 0.1) is 25.5 Å². The number of nitrogens with two attached hydrogens (primary N) is 1. The highest BCUT2D eigenvalue weighted by molar-refractivity contribution is 9.10. The molecule has 7 heteroatoms. The molecule has 0 aliphatic heterocycles. The predicted molar refractivity (Wildman–Crippen MR) is 94.3 cm³/mol. The summed E-state index contributed by atoms with van der Waals surface area (Å²) in [6, 6.07) is 8.57. The number of methoxy groups -OCH3 is 2. The fraction of sp³-hybridized carbons (Fsp3) is 0.188. The molecule has 1 amide bonds. The predicted octanol–water partition coefficient (Wildman–Crippen LogP) is 3.63. The molecule has 0 unspecified atom stereocenters. The number of nitrogens with one attached hydrogen (secondary N) is 1. The summed E-state index contributed by atoms with van der Waals surface area (Å²) in [6.07, 6.45) is 0. The SMILES string of the molecule is COc1cc(CNC(=O)c2cc(Cl)cc(Br)c2N)cc(OC)c1. The Kier molecular flexibility index (Phi) is 5.74. The van der Waals surface area contributed by atoms with Gasteiger partial charge in [-0.15, -0.1) is 0 Å². The molecule has 0 bridgehead atoms. The maximum atomic E-state index is 12.3. The van der Waals surface area contributed by atoms with Crippen LogP contribution in [0.15, 0.2) is 34.8 Å². The third kappa shape index (κ3) is 4.30. The minimum absolute atomic E-state index is 0.302. The van der Waals surface area contributed by atoms with E-state index in [4.69, 9.17) is 26.8 Å². The normalized spacial score (nSPS) is 10.3. The first-order valence-corrected chi connectivity index (χ1v) is 7.86. The Bertz CT molecular complexity index is 715. The molecule has 0 saturated carbocycles. The van der Waals surface area contributed by atoms with Gasteiger partial charge in [-0.25, -0.2) is 0 Å². The van der Waals surface area contributed by atoms with Gasteiger partial charge in [0.2, 0.25) is 0 Å². The highest BCUT2D eigenvalue weighted by Crippen LogP contribution is 2.28. The lowest BCUT2D eigenvalue weighted by atomic mass is 10.1. The molecule has 0 atom stereocenters. The van der Waals surface area contributed by atoms with Crippen LogP contribution >= 0.6 is 27.5 Å². The van der Waals surface area contributed by atoms with Crippen LogP contribution in [-0.4, -0.2) is 20.1 Å². The quantitative estimate of drug-likeness (QED) is 0.753. The van der Waals surface area contributed by atoms with Crippen LogP contribution in [0.2, 0.25) is 5.02 Å². The van der Waals surface area contributed by atoms with E-state index >= 15 is 0 Å². The van der Waals surface area contributed by atoms with Crippen LogP contribution in [0.4, 0.5) is 5.69 Å². The van der Waals surface area contributed by atoms with Crippen LogP contribution in [-0.2, 0) is 6.54 Å². The molecule has 2 aromatic rings. The monoisotopic (exact) mass is 398 g/mol. The maximum Gasteiger partial charge on any atom is 0.253 e. The van der Waals surface area contributed by atoms with Crippen molar-refractivity contribution in [2.45, 2.75) is 6.54 Å². The highest BCUT2D eigenvalue weighted by atomic mass is 79.9. The number of carbonyl (C=O) groups is 1. The van der Waals surface area contributed by atoms with E-state index in [0.29, 0.717) is 38.8 Å². The van der Waals surface area contributed by atoms with Crippen LogP contribution in [0, 0.1) is 0 Å². The highest BCUT2D eigenvalue weighted by Gasteiger charge is 2.13. The zero-order chi connectivity index (χ0) is 17.0. The first kappa shape index (κ1) is 17.4. The fourth-order valence-electron chi connectivity index (χ4n) is 2.02. The van der Waals surface area contributed by atoms with E-state index in [-0.39, 0.29) is 5.91 Å². The average Bonchev–Trinajstić information content (AvgIpc) is 2.55. The third-order valence-corrected chi connectivity index (χ3v) is 4.08. The van der Waals surface area contributed by atoms with Crippen molar-refractivity contribution in [3.8, 4) is 11.5 Å². The number of anilines is 1. The number of rotatable bonds is 5. The van der Waals surface area contributed by atoms with E-state index in [1.54, 1.807) is 26.4 Å². The molecular weight excluding hydrogens is 384 g/mol. The van der Waals surface area contributed by atoms with Crippen molar-refractivity contribution in [1.29, 1.82) is 0 Å². The second-order valence-corrected chi connectivity index (χ2v) is 6.04. The lowest BCUT2D eigenvalue weighted by Gasteiger charge is -2.11. The van der Waals surface area contributed by atoms with Gasteiger partial charge in [0.15, 0.2) is 0 Å². The summed E-state index contributed by atoms with van der Waals surface area (Å²) in [5.41, 5.74) is 7.41. The zero-order valence-corrected chi connectivity index (χ0v) is 15.0. The standard InChI is InChI=1S/C16H16BrClN2O3/c1-22-11-3-9(4-12(7-11)23-2)8-20-16(21)13-5-10(18)6-14(17)15(13)19/h3-7H,8,19H2,1-2H3,(H,20,21). The molecule has 0 saturated heterocycles. The molecular formula is C16H16BrClN2O3. The summed E-state index contributed by atoms with van der Waals surface area (Å²) < 4.78 is 11.0. The summed E-state index contributed by atoms with van der Waals surface area (Å²) in [4.78, 5) is 12.3. The van der Waals surface area contributed by atoms with Gasteiger partial charge in [-0.05, 0) is 45.8 Å². The third-order valence-electron chi connectivity index (χ3n) is 3.20. The maximum absolute atomic E-state index is 12.3. The molecule has 0 heterocycles. The van der Waals surface area contributed by atoms with Crippen molar-refractivity contribution < 1.29 is 14.3 Å². The fourth-order valence-corrected chi connectivity index (χ4v) is 2.83. The Morgan fingerprint density at radius 1 is 1.17 bits per heavy atom. The number of amides is 1. The number of carbonyl (C=O) groups excluding carboxylic acids is 1. The van der Waals surface area contributed by atoms with Gasteiger partial charge in [-0.2, -0.15) is 0 Å². The molecule has 5 nitrogen and oxygen atoms in total. The Hall–Kier alpha value is -1.92. The first-order valence-electron chi connectivity index (χ1n) is 6.69. The van der Waals surface area contributed by atoms with Gasteiger partial charge in [-0.1, -0.05) is 11.6 Å². The van der Waals surface area contributed by atoms with Crippen LogP contribution in [0.25, 0.3) is 0 Å². The number of hydrogen-bond donors (Lipinski definition) is 2. The van der Waals surface area contributed by atoms with Crippen LogP contribution in [0.1, 0.15) is 15.9 Å². The summed E-state index contributed by atoms with van der Waals surface area (Å²) >= 11 is 9.24. The van der Waals surface area contributed by atoms with Crippen molar-refractivity contribution in [2.75, 3.05) is 20.0 Å². The second-order valence-electron chi connectivity index (χ2n) is 4.75. The Labute approximate surface area is 147 Å². The molecule has 0 aromatic heterocycles. The van der Waals surface area contributed by atoms with E-state index in [0.717, 1.165) is 5.56 Å². The number of benzene rings is 2. The van der Waals surface area contributed by atoms with Gasteiger partial charge in [0.1, 0.15) is 11.5 Å². The number of halogens is 2. The van der Waals surface area contributed by atoms with Crippen molar-refractivity contribution in [3.05, 3.63) is 51.0 Å². The van der Waals surface area contributed by atoms with Crippen molar-refractivity contribution in [3.63, 3.8) is 0 Å². The molecule has 2 aromatic carbocycles. The Morgan fingerprint density at radius 3 is 2.35 bits per heavy atom. The second kappa shape index (κ2) is 7.57. The molecule has 0 radical (unpaired) electrons. The molecule has 3 N–H and O–H groups in total. The molecule has 0 fully saturated rings.